The van der Waals surface area contributed by atoms with Crippen LogP contribution in [0.4, 0.5) is 13.2 Å². The number of carbonyl (C=O) groups is 1. The van der Waals surface area contributed by atoms with Crippen molar-refractivity contribution < 1.29 is 23.1 Å². The van der Waals surface area contributed by atoms with E-state index in [-0.39, 0.29) is 29.2 Å². The predicted octanol–water partition coefficient (Wildman–Crippen LogP) is 2.47. The minimum absolute atomic E-state index is 0.0270. The van der Waals surface area contributed by atoms with Crippen LogP contribution in [-0.2, 0) is 17.6 Å². The zero-order valence-electron chi connectivity index (χ0n) is 12.1. The lowest BCUT2D eigenvalue weighted by molar-refractivity contribution is -0.145. The monoisotopic (exact) mass is 356 g/mol. The molecule has 0 bridgehead atoms. The van der Waals surface area contributed by atoms with Crippen LogP contribution in [0.5, 0.6) is 0 Å². The summed E-state index contributed by atoms with van der Waals surface area (Å²) in [5.41, 5.74) is 0.904. The number of halogens is 3. The second-order valence-corrected chi connectivity index (χ2v) is 5.97. The number of fused-ring (bicyclic) bond motifs is 3. The van der Waals surface area contributed by atoms with Gasteiger partial charge in [-0.25, -0.2) is 4.98 Å². The summed E-state index contributed by atoms with van der Waals surface area (Å²) in [6.07, 6.45) is -3.71. The smallest absolute Gasteiger partial charge is 0.392 e. The molecule has 3 aromatic rings. The summed E-state index contributed by atoms with van der Waals surface area (Å²) >= 11 is 1.14. The summed E-state index contributed by atoms with van der Waals surface area (Å²) in [7, 11) is 0. The maximum Gasteiger partial charge on any atom is 0.452 e. The second-order valence-electron chi connectivity index (χ2n) is 4.88. The van der Waals surface area contributed by atoms with Gasteiger partial charge in [0.2, 0.25) is 5.82 Å². The highest BCUT2D eigenvalue weighted by Crippen LogP contribution is 2.33. The van der Waals surface area contributed by atoms with Gasteiger partial charge in [-0.3, -0.25) is 4.40 Å². The van der Waals surface area contributed by atoms with E-state index in [1.165, 1.54) is 12.1 Å². The second kappa shape index (κ2) is 6.36. The zero-order valence-corrected chi connectivity index (χ0v) is 12.9. The van der Waals surface area contributed by atoms with Crippen LogP contribution in [0.3, 0.4) is 0 Å². The van der Waals surface area contributed by atoms with E-state index in [2.05, 4.69) is 15.2 Å². The van der Waals surface area contributed by atoms with Crippen LogP contribution in [0.1, 0.15) is 17.8 Å². The minimum atomic E-state index is -4.69. The molecule has 24 heavy (non-hydrogen) atoms. The van der Waals surface area contributed by atoms with Crippen molar-refractivity contribution in [2.24, 2.45) is 0 Å². The van der Waals surface area contributed by atoms with Crippen LogP contribution in [0.15, 0.2) is 23.2 Å². The first-order valence-electron chi connectivity index (χ1n) is 6.88. The lowest BCUT2D eigenvalue weighted by atomic mass is 10.2. The number of alkyl halides is 3. The van der Waals surface area contributed by atoms with Crippen molar-refractivity contribution in [1.82, 2.24) is 19.6 Å². The van der Waals surface area contributed by atoms with Crippen LogP contribution in [0, 0.1) is 0 Å². The highest BCUT2D eigenvalue weighted by atomic mass is 32.2. The average Bonchev–Trinajstić information content (AvgIpc) is 3.00. The molecule has 0 saturated carbocycles. The molecule has 1 aromatic carbocycles. The summed E-state index contributed by atoms with van der Waals surface area (Å²) in [6.45, 7) is -0.309. The van der Waals surface area contributed by atoms with Gasteiger partial charge in [-0.15, -0.1) is 22.0 Å². The molecule has 0 radical (unpaired) electrons. The molecule has 0 aliphatic carbocycles. The number of nitrogens with zero attached hydrogens (tertiary/aromatic N) is 4. The Hall–Kier alpha value is -2.20. The molecule has 6 nitrogen and oxygen atoms in total. The topological polar surface area (TPSA) is 80.4 Å². The number of benzene rings is 1. The molecule has 0 aliphatic heterocycles. The minimum Gasteiger partial charge on any atom is -0.392 e. The van der Waals surface area contributed by atoms with Crippen molar-refractivity contribution in [1.29, 1.82) is 0 Å². The number of aldehydes is 1. The lowest BCUT2D eigenvalue weighted by Gasteiger charge is -2.10. The SMILES string of the molecule is O=CCCSc1nc2ccc(CO)cc2n2c(C(F)(F)F)nnc12. The van der Waals surface area contributed by atoms with E-state index in [0.29, 0.717) is 16.8 Å². The number of rotatable bonds is 5. The van der Waals surface area contributed by atoms with E-state index in [9.17, 15) is 23.1 Å². The van der Waals surface area contributed by atoms with Gasteiger partial charge in [-0.05, 0) is 17.7 Å². The van der Waals surface area contributed by atoms with Crippen LogP contribution in [-0.4, -0.2) is 36.7 Å². The van der Waals surface area contributed by atoms with Crippen molar-refractivity contribution in [3.63, 3.8) is 0 Å². The Morgan fingerprint density at radius 3 is 2.75 bits per heavy atom. The first-order valence-corrected chi connectivity index (χ1v) is 7.86. The average molecular weight is 356 g/mol. The van der Waals surface area contributed by atoms with Crippen LogP contribution >= 0.6 is 11.8 Å². The van der Waals surface area contributed by atoms with Gasteiger partial charge in [-0.2, -0.15) is 13.2 Å². The molecule has 126 valence electrons. The summed E-state index contributed by atoms with van der Waals surface area (Å²) in [5.74, 6) is -0.780. The van der Waals surface area contributed by atoms with Crippen LogP contribution in [0.2, 0.25) is 0 Å². The first-order chi connectivity index (χ1) is 11.5. The maximum absolute atomic E-state index is 13.3. The zero-order chi connectivity index (χ0) is 17.3. The molecule has 10 heteroatoms. The Morgan fingerprint density at radius 1 is 1.29 bits per heavy atom. The maximum atomic E-state index is 13.3. The molecule has 2 heterocycles. The number of thioether (sulfide) groups is 1. The number of aliphatic hydroxyl groups excluding tert-OH is 1. The molecule has 3 rings (SSSR count). The Balaban J connectivity index is 2.30. The van der Waals surface area contributed by atoms with Gasteiger partial charge in [0.05, 0.1) is 17.6 Å². The van der Waals surface area contributed by atoms with Gasteiger partial charge in [0.15, 0.2) is 5.65 Å². The van der Waals surface area contributed by atoms with E-state index in [1.54, 1.807) is 6.07 Å². The van der Waals surface area contributed by atoms with Gasteiger partial charge in [-0.1, -0.05) is 6.07 Å². The largest absolute Gasteiger partial charge is 0.452 e. The third-order valence-corrected chi connectivity index (χ3v) is 4.25. The molecular formula is C14H11F3N4O2S. The van der Waals surface area contributed by atoms with E-state index < -0.39 is 12.0 Å². The molecule has 0 saturated heterocycles. The summed E-state index contributed by atoms with van der Waals surface area (Å²) in [4.78, 5) is 14.8. The van der Waals surface area contributed by atoms with E-state index in [1.807, 2.05) is 0 Å². The Bertz CT molecular complexity index is 910. The van der Waals surface area contributed by atoms with Gasteiger partial charge < -0.3 is 9.90 Å². The molecule has 0 unspecified atom stereocenters. The highest BCUT2D eigenvalue weighted by molar-refractivity contribution is 7.99. The normalized spacial score (nSPS) is 12.2. The molecule has 1 N–H and O–H groups in total. The first kappa shape index (κ1) is 16.7. The van der Waals surface area contributed by atoms with E-state index in [0.717, 1.165) is 22.4 Å². The summed E-state index contributed by atoms with van der Waals surface area (Å²) in [6, 6.07) is 4.54. The van der Waals surface area contributed by atoms with Crippen molar-refractivity contribution in [3.8, 4) is 0 Å². The van der Waals surface area contributed by atoms with Crippen LogP contribution in [0.25, 0.3) is 16.7 Å². The van der Waals surface area contributed by atoms with Gasteiger partial charge in [0.1, 0.15) is 11.3 Å². The van der Waals surface area contributed by atoms with Crippen molar-refractivity contribution in [2.75, 3.05) is 5.75 Å². The fraction of sp³-hybridized carbons (Fsp3) is 0.286. The predicted molar refractivity (Wildman–Crippen MR) is 80.6 cm³/mol. The van der Waals surface area contributed by atoms with Gasteiger partial charge >= 0.3 is 6.18 Å². The third-order valence-electron chi connectivity index (χ3n) is 3.27. The van der Waals surface area contributed by atoms with Crippen LogP contribution < -0.4 is 0 Å². The fourth-order valence-electron chi connectivity index (χ4n) is 2.24. The molecule has 0 atom stereocenters. The molecule has 0 aliphatic rings. The number of carbonyl (C=O) groups excluding carboxylic acids is 1. The molecule has 0 amide bonds. The molecule has 0 spiro atoms. The van der Waals surface area contributed by atoms with E-state index >= 15 is 0 Å². The van der Waals surface area contributed by atoms with E-state index in [4.69, 9.17) is 0 Å². The van der Waals surface area contributed by atoms with Gasteiger partial charge in [0, 0.05) is 12.2 Å². The molecule has 2 aromatic heterocycles. The lowest BCUT2D eigenvalue weighted by Crippen LogP contribution is -2.12. The highest BCUT2D eigenvalue weighted by Gasteiger charge is 2.38. The number of hydrogen-bond donors (Lipinski definition) is 1. The van der Waals surface area contributed by atoms with Crippen molar-refractivity contribution in [2.45, 2.75) is 24.2 Å². The fourth-order valence-corrected chi connectivity index (χ4v) is 3.07. The number of aliphatic hydroxyl groups is 1. The standard InChI is InChI=1S/C14H11F3N4O2S/c15-14(16,17)13-20-19-11-12(24-5-1-4-22)18-9-3-2-8(7-23)6-10(9)21(11)13/h2-4,6,23H,1,5,7H2. The summed E-state index contributed by atoms with van der Waals surface area (Å²) in [5, 5.41) is 16.4. The Kier molecular flexibility index (Phi) is 4.41. The molecular weight excluding hydrogens is 345 g/mol. The molecule has 0 fully saturated rings. The van der Waals surface area contributed by atoms with Gasteiger partial charge in [0.25, 0.3) is 0 Å². The van der Waals surface area contributed by atoms with Crippen molar-refractivity contribution in [3.05, 3.63) is 29.6 Å². The Morgan fingerprint density at radius 2 is 2.08 bits per heavy atom. The summed E-state index contributed by atoms with van der Waals surface area (Å²) < 4.78 is 40.7. The van der Waals surface area contributed by atoms with Crippen molar-refractivity contribution >= 4 is 34.7 Å². The quantitative estimate of drug-likeness (QED) is 0.430. The third kappa shape index (κ3) is 2.94. The number of hydrogen-bond acceptors (Lipinski definition) is 6. The number of aromatic nitrogens is 4. The Labute approximate surface area is 137 Å².